The zero-order valence-corrected chi connectivity index (χ0v) is 13.3. The van der Waals surface area contributed by atoms with E-state index in [9.17, 15) is 8.42 Å². The van der Waals surface area contributed by atoms with E-state index in [0.29, 0.717) is 26.1 Å². The van der Waals surface area contributed by atoms with Gasteiger partial charge in [-0.1, -0.05) is 0 Å². The molecule has 1 saturated heterocycles. The topological polar surface area (TPSA) is 64.6 Å². The van der Waals surface area contributed by atoms with Crippen LogP contribution in [0, 0.1) is 0 Å². The lowest BCUT2D eigenvalue weighted by Crippen LogP contribution is -2.32. The van der Waals surface area contributed by atoms with Gasteiger partial charge in [-0.3, -0.25) is 0 Å². The molecule has 0 saturated carbocycles. The number of nitrogens with one attached hydrogen (secondary N) is 1. The first-order chi connectivity index (χ1) is 9.53. The minimum atomic E-state index is -2.83. The largest absolute Gasteiger partial charge is 0.486 e. The van der Waals surface area contributed by atoms with Crippen molar-refractivity contribution in [1.82, 2.24) is 0 Å². The number of anilines is 1. The molecule has 0 amide bonds. The summed E-state index contributed by atoms with van der Waals surface area (Å²) in [4.78, 5) is 0. The normalized spacial score (nSPS) is 21.4. The lowest BCUT2D eigenvalue weighted by atomic mass is 10.1. The number of hydrogen-bond acceptors (Lipinski definition) is 5. The maximum absolute atomic E-state index is 11.4. The van der Waals surface area contributed by atoms with Gasteiger partial charge >= 0.3 is 0 Å². The first-order valence-corrected chi connectivity index (χ1v) is 9.21. The van der Waals surface area contributed by atoms with Crippen LogP contribution in [0.3, 0.4) is 0 Å². The van der Waals surface area contributed by atoms with Crippen LogP contribution in [0.5, 0.6) is 11.5 Å². The van der Waals surface area contributed by atoms with Crippen molar-refractivity contribution in [3.63, 3.8) is 0 Å². The Kier molecular flexibility index (Phi) is 3.81. The molecular weight excluding hydrogens is 346 g/mol. The van der Waals surface area contributed by atoms with E-state index in [1.165, 1.54) is 0 Å². The summed E-state index contributed by atoms with van der Waals surface area (Å²) in [7, 11) is -2.83. The molecule has 0 bridgehead atoms. The average molecular weight is 362 g/mol. The third kappa shape index (κ3) is 3.03. The molecule has 1 N–H and O–H groups in total. The number of sulfone groups is 1. The van der Waals surface area contributed by atoms with Gasteiger partial charge in [0.25, 0.3) is 0 Å². The summed E-state index contributed by atoms with van der Waals surface area (Å²) < 4.78 is 34.8. The molecule has 1 aromatic carbocycles. The van der Waals surface area contributed by atoms with Gasteiger partial charge in [0, 0.05) is 22.6 Å². The summed E-state index contributed by atoms with van der Waals surface area (Å²) in [5.74, 6) is 1.98. The Bertz CT molecular complexity index is 603. The van der Waals surface area contributed by atoms with Crippen molar-refractivity contribution in [2.75, 3.05) is 30.0 Å². The maximum Gasteiger partial charge on any atom is 0.163 e. The zero-order valence-electron chi connectivity index (χ0n) is 10.9. The summed E-state index contributed by atoms with van der Waals surface area (Å²) in [5.41, 5.74) is 0.915. The zero-order chi connectivity index (χ0) is 14.2. The van der Waals surface area contributed by atoms with Gasteiger partial charge in [0.15, 0.2) is 11.5 Å². The predicted octanol–water partition coefficient (Wildman–Crippen LogP) is 2.21. The quantitative estimate of drug-likeness (QED) is 0.874. The molecule has 5 nitrogen and oxygen atoms in total. The van der Waals surface area contributed by atoms with Gasteiger partial charge in [-0.05, 0) is 28.8 Å². The minimum absolute atomic E-state index is 0.178. The van der Waals surface area contributed by atoms with Crippen LogP contribution < -0.4 is 14.8 Å². The van der Waals surface area contributed by atoms with Crippen molar-refractivity contribution in [2.45, 2.75) is 18.9 Å². The SMILES string of the molecule is O=S1(=O)CCC(Nc2cc3c(cc2Br)OCCO3)CC1. The highest BCUT2D eigenvalue weighted by atomic mass is 79.9. The number of hydrogen-bond donors (Lipinski definition) is 1. The summed E-state index contributed by atoms with van der Waals surface area (Å²) in [6.07, 6.45) is 1.28. The second kappa shape index (κ2) is 5.44. The fraction of sp³-hybridized carbons (Fsp3) is 0.538. The number of rotatable bonds is 2. The van der Waals surface area contributed by atoms with Gasteiger partial charge in [0.2, 0.25) is 0 Å². The fourth-order valence-corrected chi connectivity index (χ4v) is 4.36. The summed E-state index contributed by atoms with van der Waals surface area (Å²) in [6, 6.07) is 3.97. The molecule has 7 heteroatoms. The van der Waals surface area contributed by atoms with Crippen LogP contribution >= 0.6 is 15.9 Å². The van der Waals surface area contributed by atoms with Gasteiger partial charge < -0.3 is 14.8 Å². The van der Waals surface area contributed by atoms with Crippen molar-refractivity contribution in [3.8, 4) is 11.5 Å². The van der Waals surface area contributed by atoms with E-state index < -0.39 is 9.84 Å². The highest BCUT2D eigenvalue weighted by Gasteiger charge is 2.24. The molecule has 0 unspecified atom stereocenters. The van der Waals surface area contributed by atoms with E-state index in [1.54, 1.807) is 0 Å². The molecule has 3 rings (SSSR count). The molecule has 20 heavy (non-hydrogen) atoms. The van der Waals surface area contributed by atoms with E-state index in [0.717, 1.165) is 21.7 Å². The molecular formula is C13H16BrNO4S. The highest BCUT2D eigenvalue weighted by molar-refractivity contribution is 9.10. The van der Waals surface area contributed by atoms with Crippen molar-refractivity contribution >= 4 is 31.5 Å². The summed E-state index contributed by atoms with van der Waals surface area (Å²) in [5, 5.41) is 3.39. The molecule has 1 fully saturated rings. The van der Waals surface area contributed by atoms with Crippen LogP contribution in [0.15, 0.2) is 16.6 Å². The number of fused-ring (bicyclic) bond motifs is 1. The third-order valence-corrected chi connectivity index (χ3v) is 5.92. The Labute approximate surface area is 126 Å². The fourth-order valence-electron chi connectivity index (χ4n) is 2.43. The van der Waals surface area contributed by atoms with Crippen molar-refractivity contribution < 1.29 is 17.9 Å². The Morgan fingerprint density at radius 2 is 1.70 bits per heavy atom. The van der Waals surface area contributed by atoms with Gasteiger partial charge in [-0.25, -0.2) is 8.42 Å². The molecule has 110 valence electrons. The number of benzene rings is 1. The van der Waals surface area contributed by atoms with Crippen molar-refractivity contribution in [3.05, 3.63) is 16.6 Å². The first kappa shape index (κ1) is 14.0. The monoisotopic (exact) mass is 361 g/mol. The molecule has 0 aliphatic carbocycles. The molecule has 2 aliphatic rings. The Morgan fingerprint density at radius 1 is 1.10 bits per heavy atom. The van der Waals surface area contributed by atoms with Gasteiger partial charge in [-0.2, -0.15) is 0 Å². The lowest BCUT2D eigenvalue weighted by molar-refractivity contribution is 0.171. The Morgan fingerprint density at radius 3 is 2.35 bits per heavy atom. The second-order valence-electron chi connectivity index (χ2n) is 5.05. The molecule has 2 heterocycles. The van der Waals surface area contributed by atoms with Crippen LogP contribution in [0.1, 0.15) is 12.8 Å². The van der Waals surface area contributed by atoms with Gasteiger partial charge in [0.05, 0.1) is 17.2 Å². The standard InChI is InChI=1S/C13H16BrNO4S/c14-10-7-12-13(19-4-3-18-12)8-11(10)15-9-1-5-20(16,17)6-2-9/h7-9,15H,1-6H2. The lowest BCUT2D eigenvalue weighted by Gasteiger charge is -2.26. The average Bonchev–Trinajstić information content (AvgIpc) is 2.42. The van der Waals surface area contributed by atoms with Crippen molar-refractivity contribution in [2.24, 2.45) is 0 Å². The van der Waals surface area contributed by atoms with E-state index in [-0.39, 0.29) is 17.5 Å². The molecule has 0 spiro atoms. The second-order valence-corrected chi connectivity index (χ2v) is 8.20. The maximum atomic E-state index is 11.4. The first-order valence-electron chi connectivity index (χ1n) is 6.60. The molecule has 0 radical (unpaired) electrons. The van der Waals surface area contributed by atoms with E-state index >= 15 is 0 Å². The third-order valence-electron chi connectivity index (χ3n) is 3.55. The van der Waals surface area contributed by atoms with E-state index in [4.69, 9.17) is 9.47 Å². The van der Waals surface area contributed by atoms with Crippen LogP contribution in [-0.2, 0) is 9.84 Å². The van der Waals surface area contributed by atoms with Gasteiger partial charge in [0.1, 0.15) is 23.1 Å². The van der Waals surface area contributed by atoms with Crippen LogP contribution in [-0.4, -0.2) is 39.2 Å². The molecule has 2 aliphatic heterocycles. The predicted molar refractivity (Wildman–Crippen MR) is 80.4 cm³/mol. The van der Waals surface area contributed by atoms with Gasteiger partial charge in [-0.15, -0.1) is 0 Å². The summed E-state index contributed by atoms with van der Waals surface area (Å²) in [6.45, 7) is 1.11. The summed E-state index contributed by atoms with van der Waals surface area (Å²) >= 11 is 3.51. The van der Waals surface area contributed by atoms with E-state index in [1.807, 2.05) is 12.1 Å². The van der Waals surface area contributed by atoms with Crippen LogP contribution in [0.2, 0.25) is 0 Å². The number of ether oxygens (including phenoxy) is 2. The minimum Gasteiger partial charge on any atom is -0.486 e. The highest BCUT2D eigenvalue weighted by Crippen LogP contribution is 2.38. The molecule has 0 atom stereocenters. The van der Waals surface area contributed by atoms with Crippen molar-refractivity contribution in [1.29, 1.82) is 0 Å². The Hall–Kier alpha value is -0.950. The van der Waals surface area contributed by atoms with Crippen LogP contribution in [0.4, 0.5) is 5.69 Å². The van der Waals surface area contributed by atoms with E-state index in [2.05, 4.69) is 21.2 Å². The smallest absolute Gasteiger partial charge is 0.163 e. The molecule has 0 aromatic heterocycles. The van der Waals surface area contributed by atoms with Crippen LogP contribution in [0.25, 0.3) is 0 Å². The number of halogens is 1. The molecule has 1 aromatic rings. The Balaban J connectivity index is 1.74.